The zero-order valence-electron chi connectivity index (χ0n) is 38.1. The maximum absolute atomic E-state index is 12.7. The molecule has 0 aromatic heterocycles. The highest BCUT2D eigenvalue weighted by molar-refractivity contribution is 7.45. The van der Waals surface area contributed by atoms with Gasteiger partial charge in [-0.05, 0) is 45.4 Å². The van der Waals surface area contributed by atoms with Gasteiger partial charge in [-0.3, -0.25) is 14.2 Å². The number of aliphatic hydroxyl groups excluding tert-OH is 2. The van der Waals surface area contributed by atoms with Crippen LogP contribution in [0.15, 0.2) is 72.9 Å². The minimum atomic E-state index is -4.67. The van der Waals surface area contributed by atoms with Crippen molar-refractivity contribution in [3.63, 3.8) is 0 Å². The standard InChI is InChI=1S/C48H84NO10P/c1-6-7-8-9-10-11-12-13-14-15-16-20-23-26-33-38-47(52)56-42-46(43-58-60(54,55)57-41-40-49(3,4)5)59-48(53)39-34-27-24-21-18-17-19-22-25-31-36-45(51)37-32-29-28-30-35-44(2)50/h17-18,22,24-25,27,29-32,35-36,44-46,50-51H,6-16,19-21,23,26,28,33-34,37-43H2,1-5H3/b18-17+,25-22+,27-24+,32-29+,35-30-,36-31-. The first-order valence-electron chi connectivity index (χ1n) is 22.8. The van der Waals surface area contributed by atoms with Crippen LogP contribution < -0.4 is 4.89 Å². The molecule has 0 saturated carbocycles. The Bertz CT molecular complexity index is 1280. The molecule has 2 N–H and O–H groups in total. The number of hydrogen-bond donors (Lipinski definition) is 2. The van der Waals surface area contributed by atoms with Gasteiger partial charge in [-0.25, -0.2) is 0 Å². The molecule has 0 heterocycles. The van der Waals surface area contributed by atoms with E-state index in [-0.39, 0.29) is 26.1 Å². The minimum Gasteiger partial charge on any atom is -0.756 e. The lowest BCUT2D eigenvalue weighted by molar-refractivity contribution is -0.870. The molecule has 0 amide bonds. The SMILES string of the molecule is CCCCCCCCCCCCCCCCCC(=O)OCC(COP(=O)([O-])OCC[N+](C)(C)C)OC(=O)CC/C=C/C/C=C/C/C=C/C=C\C(O)C/C=C/C/C=C\C(C)O. The first kappa shape index (κ1) is 57.4. The molecule has 0 fully saturated rings. The summed E-state index contributed by atoms with van der Waals surface area (Å²) in [6, 6.07) is 0. The Kier molecular flexibility index (Phi) is 37.5. The van der Waals surface area contributed by atoms with E-state index in [2.05, 4.69) is 6.92 Å². The van der Waals surface area contributed by atoms with Gasteiger partial charge in [-0.1, -0.05) is 170 Å². The van der Waals surface area contributed by atoms with E-state index in [0.717, 1.165) is 32.1 Å². The molecule has 0 radical (unpaired) electrons. The first-order chi connectivity index (χ1) is 28.7. The number of ether oxygens (including phenoxy) is 2. The molecule has 4 atom stereocenters. The molecular weight excluding hydrogens is 781 g/mol. The second kappa shape index (κ2) is 39.2. The van der Waals surface area contributed by atoms with E-state index in [1.165, 1.54) is 70.6 Å². The van der Waals surface area contributed by atoms with Crippen molar-refractivity contribution < 1.29 is 52.3 Å². The molecule has 0 rings (SSSR count). The van der Waals surface area contributed by atoms with Crippen molar-refractivity contribution in [2.45, 2.75) is 173 Å². The monoisotopic (exact) mass is 866 g/mol. The number of hydrogen-bond acceptors (Lipinski definition) is 10. The summed E-state index contributed by atoms with van der Waals surface area (Å²) in [6.07, 6.45) is 42.5. The Hall–Kier alpha value is -2.63. The highest BCUT2D eigenvalue weighted by atomic mass is 31.2. The number of phosphoric acid groups is 1. The van der Waals surface area contributed by atoms with Crippen molar-refractivity contribution in [2.24, 2.45) is 0 Å². The molecule has 0 aliphatic heterocycles. The quantitative estimate of drug-likeness (QED) is 0.0152. The van der Waals surface area contributed by atoms with Crippen LogP contribution in [0.2, 0.25) is 0 Å². The number of quaternary nitrogens is 1. The van der Waals surface area contributed by atoms with Gasteiger partial charge in [0.05, 0.1) is 40.0 Å². The molecule has 12 heteroatoms. The topological polar surface area (TPSA) is 152 Å². The molecule has 11 nitrogen and oxygen atoms in total. The molecule has 0 aliphatic rings. The van der Waals surface area contributed by atoms with E-state index < -0.39 is 44.7 Å². The second-order valence-corrected chi connectivity index (χ2v) is 17.9. The normalized spacial score (nSPS) is 15.3. The maximum Gasteiger partial charge on any atom is 0.306 e. The van der Waals surface area contributed by atoms with Crippen molar-refractivity contribution in [3.8, 4) is 0 Å². The Morgan fingerprint density at radius 1 is 0.650 bits per heavy atom. The average molecular weight is 866 g/mol. The molecule has 0 aromatic carbocycles. The van der Waals surface area contributed by atoms with E-state index in [4.69, 9.17) is 18.5 Å². The number of likely N-dealkylation sites (N-methyl/N-ethyl adjacent to an activating group) is 1. The highest BCUT2D eigenvalue weighted by Gasteiger charge is 2.21. The van der Waals surface area contributed by atoms with Gasteiger partial charge < -0.3 is 38.1 Å². The maximum atomic E-state index is 12.7. The van der Waals surface area contributed by atoms with Crippen molar-refractivity contribution in [2.75, 3.05) is 47.5 Å². The van der Waals surface area contributed by atoms with E-state index >= 15 is 0 Å². The predicted molar refractivity (Wildman–Crippen MR) is 243 cm³/mol. The molecule has 0 aromatic rings. The van der Waals surface area contributed by atoms with Crippen LogP contribution in [-0.4, -0.2) is 92.5 Å². The van der Waals surface area contributed by atoms with Crippen molar-refractivity contribution >= 4 is 19.8 Å². The van der Waals surface area contributed by atoms with Crippen LogP contribution in [-0.2, 0) is 32.7 Å². The van der Waals surface area contributed by atoms with Crippen LogP contribution in [0.4, 0.5) is 0 Å². The van der Waals surface area contributed by atoms with Gasteiger partial charge in [-0.15, -0.1) is 0 Å². The number of allylic oxidation sites excluding steroid dienone is 9. The number of rotatable bonds is 40. The largest absolute Gasteiger partial charge is 0.756 e. The van der Waals surface area contributed by atoms with Gasteiger partial charge in [0.15, 0.2) is 6.10 Å². The molecule has 0 aliphatic carbocycles. The van der Waals surface area contributed by atoms with Gasteiger partial charge in [0, 0.05) is 12.8 Å². The third-order valence-corrected chi connectivity index (χ3v) is 10.3. The Morgan fingerprint density at radius 3 is 1.80 bits per heavy atom. The Morgan fingerprint density at radius 2 is 1.20 bits per heavy atom. The number of carbonyl (C=O) groups is 2. The molecule has 60 heavy (non-hydrogen) atoms. The number of carbonyl (C=O) groups excluding carboxylic acids is 2. The zero-order chi connectivity index (χ0) is 44.6. The Labute approximate surface area is 364 Å². The predicted octanol–water partition coefficient (Wildman–Crippen LogP) is 10.3. The van der Waals surface area contributed by atoms with Gasteiger partial charge in [0.25, 0.3) is 7.82 Å². The number of phosphoric ester groups is 1. The first-order valence-corrected chi connectivity index (χ1v) is 24.3. The third kappa shape index (κ3) is 43.5. The lowest BCUT2D eigenvalue weighted by Gasteiger charge is -2.28. The molecule has 4 unspecified atom stereocenters. The molecule has 346 valence electrons. The second-order valence-electron chi connectivity index (χ2n) is 16.5. The summed E-state index contributed by atoms with van der Waals surface area (Å²) in [5.41, 5.74) is 0. The lowest BCUT2D eigenvalue weighted by atomic mass is 10.0. The summed E-state index contributed by atoms with van der Waals surface area (Å²) in [5, 5.41) is 19.2. The summed E-state index contributed by atoms with van der Waals surface area (Å²) in [5.74, 6) is -0.978. The fourth-order valence-corrected chi connectivity index (χ4v) is 6.51. The molecule has 0 spiro atoms. The van der Waals surface area contributed by atoms with Gasteiger partial charge in [0.2, 0.25) is 0 Å². The summed E-state index contributed by atoms with van der Waals surface area (Å²) >= 11 is 0. The lowest BCUT2D eigenvalue weighted by Crippen LogP contribution is -2.37. The van der Waals surface area contributed by atoms with Crippen LogP contribution in [0.3, 0.4) is 0 Å². The molecule has 0 saturated heterocycles. The average Bonchev–Trinajstić information content (AvgIpc) is 3.18. The number of aliphatic hydroxyl groups is 2. The fraction of sp³-hybridized carbons (Fsp3) is 0.708. The van der Waals surface area contributed by atoms with Crippen LogP contribution in [0.25, 0.3) is 0 Å². The fourth-order valence-electron chi connectivity index (χ4n) is 5.78. The summed E-state index contributed by atoms with van der Waals surface area (Å²) in [4.78, 5) is 37.5. The van der Waals surface area contributed by atoms with Crippen molar-refractivity contribution in [1.29, 1.82) is 0 Å². The number of nitrogens with zero attached hydrogens (tertiary/aromatic N) is 1. The summed E-state index contributed by atoms with van der Waals surface area (Å²) in [6.45, 7) is 3.51. The van der Waals surface area contributed by atoms with Crippen LogP contribution >= 0.6 is 7.82 Å². The summed E-state index contributed by atoms with van der Waals surface area (Å²) < 4.78 is 33.8. The highest BCUT2D eigenvalue weighted by Crippen LogP contribution is 2.38. The van der Waals surface area contributed by atoms with Gasteiger partial charge in [0.1, 0.15) is 19.8 Å². The smallest absolute Gasteiger partial charge is 0.306 e. The van der Waals surface area contributed by atoms with Gasteiger partial charge in [-0.2, -0.15) is 0 Å². The summed E-state index contributed by atoms with van der Waals surface area (Å²) in [7, 11) is 1.06. The minimum absolute atomic E-state index is 0.0610. The molecular formula is C48H84NO10P. The Balaban J connectivity index is 4.53. The van der Waals surface area contributed by atoms with Crippen LogP contribution in [0.1, 0.15) is 155 Å². The van der Waals surface area contributed by atoms with Crippen molar-refractivity contribution in [3.05, 3.63) is 72.9 Å². The molecule has 0 bridgehead atoms. The zero-order valence-corrected chi connectivity index (χ0v) is 39.0. The number of esters is 2. The third-order valence-electron chi connectivity index (χ3n) is 9.35. The van der Waals surface area contributed by atoms with Crippen LogP contribution in [0.5, 0.6) is 0 Å². The van der Waals surface area contributed by atoms with Crippen LogP contribution in [0, 0.1) is 0 Å². The van der Waals surface area contributed by atoms with E-state index in [0.29, 0.717) is 36.7 Å². The van der Waals surface area contributed by atoms with E-state index in [1.54, 1.807) is 19.1 Å². The van der Waals surface area contributed by atoms with Gasteiger partial charge >= 0.3 is 11.9 Å². The van der Waals surface area contributed by atoms with Crippen molar-refractivity contribution in [1.82, 2.24) is 0 Å². The van der Waals surface area contributed by atoms with E-state index in [1.807, 2.05) is 81.9 Å². The number of unbranched alkanes of at least 4 members (excludes halogenated alkanes) is 14. The van der Waals surface area contributed by atoms with E-state index in [9.17, 15) is 29.3 Å².